The smallest absolute Gasteiger partial charge is 0.171 e. The normalized spacial score (nSPS) is 42.0. The van der Waals surface area contributed by atoms with Crippen molar-refractivity contribution in [2.45, 2.75) is 57.4 Å². The molecule has 6 heteroatoms. The summed E-state index contributed by atoms with van der Waals surface area (Å²) in [7, 11) is 0. The van der Waals surface area contributed by atoms with Gasteiger partial charge in [0.25, 0.3) is 0 Å². The van der Waals surface area contributed by atoms with Gasteiger partial charge in [-0.05, 0) is 74.3 Å². The zero-order chi connectivity index (χ0) is 14.0. The summed E-state index contributed by atoms with van der Waals surface area (Å²) in [5, 5.41) is 23.8. The Morgan fingerprint density at radius 3 is 2.60 bits per heavy atom. The van der Waals surface area contributed by atoms with Crippen molar-refractivity contribution in [3.05, 3.63) is 5.82 Å². The lowest BCUT2D eigenvalue weighted by Gasteiger charge is -2.61. The Morgan fingerprint density at radius 1 is 1.35 bits per heavy atom. The number of tetrazole rings is 1. The molecule has 0 saturated heterocycles. The Balaban J connectivity index is 1.73. The molecule has 108 valence electrons. The molecule has 0 amide bonds. The van der Waals surface area contributed by atoms with Gasteiger partial charge in [-0.1, -0.05) is 0 Å². The number of carboxylic acids is 1. The number of aryl methyl sites for hydroxylation is 1. The number of carbonyl (C=O) groups excluding carboxylic acids is 1. The van der Waals surface area contributed by atoms with Gasteiger partial charge in [0, 0.05) is 5.97 Å². The summed E-state index contributed by atoms with van der Waals surface area (Å²) in [5.74, 6) is 1.00. The van der Waals surface area contributed by atoms with Crippen molar-refractivity contribution in [1.29, 1.82) is 0 Å². The van der Waals surface area contributed by atoms with Crippen LogP contribution < -0.4 is 5.11 Å². The Kier molecular flexibility index (Phi) is 2.34. The van der Waals surface area contributed by atoms with Crippen molar-refractivity contribution >= 4 is 5.97 Å². The van der Waals surface area contributed by atoms with E-state index in [0.717, 1.165) is 32.1 Å². The molecule has 1 aromatic heterocycles. The molecule has 4 aliphatic rings. The summed E-state index contributed by atoms with van der Waals surface area (Å²) >= 11 is 0. The Labute approximate surface area is 117 Å². The highest BCUT2D eigenvalue weighted by Crippen LogP contribution is 2.64. The van der Waals surface area contributed by atoms with E-state index in [9.17, 15) is 9.90 Å². The monoisotopic (exact) mass is 275 g/mol. The molecule has 1 aromatic rings. The lowest BCUT2D eigenvalue weighted by atomic mass is 9.46. The second kappa shape index (κ2) is 3.80. The SMILES string of the molecule is Cc1nnn(C23C[C@@H]4C[C@@H](CC(CC(=O)[O-])(C4)C2)C3)n1. The van der Waals surface area contributed by atoms with Crippen LogP contribution in [-0.2, 0) is 10.3 Å². The highest BCUT2D eigenvalue weighted by atomic mass is 16.4. The summed E-state index contributed by atoms with van der Waals surface area (Å²) in [6.45, 7) is 1.85. The molecule has 0 N–H and O–H groups in total. The van der Waals surface area contributed by atoms with Crippen LogP contribution in [0.2, 0.25) is 0 Å². The molecule has 0 aromatic carbocycles. The quantitative estimate of drug-likeness (QED) is 0.798. The summed E-state index contributed by atoms with van der Waals surface area (Å²) in [6, 6.07) is 0. The average Bonchev–Trinajstić information content (AvgIpc) is 2.72. The maximum Gasteiger partial charge on any atom is 0.171 e. The van der Waals surface area contributed by atoms with Crippen molar-refractivity contribution in [2.75, 3.05) is 0 Å². The first kappa shape index (κ1) is 12.3. The van der Waals surface area contributed by atoms with Gasteiger partial charge in [0.2, 0.25) is 0 Å². The lowest BCUT2D eigenvalue weighted by Crippen LogP contribution is -2.58. The third-order valence-corrected chi connectivity index (χ3v) is 5.61. The second-order valence-electron chi connectivity index (χ2n) is 7.36. The van der Waals surface area contributed by atoms with E-state index >= 15 is 0 Å². The highest BCUT2D eigenvalue weighted by molar-refractivity contribution is 5.65. The molecular formula is C14H19N4O2-. The van der Waals surface area contributed by atoms with Crippen LogP contribution in [0.1, 0.15) is 50.8 Å². The molecule has 4 aliphatic carbocycles. The summed E-state index contributed by atoms with van der Waals surface area (Å²) in [5.41, 5.74) is -0.189. The van der Waals surface area contributed by atoms with E-state index in [1.165, 1.54) is 6.42 Å². The standard InChI is InChI=1S/C14H20N4O2/c1-9-15-17-18(16-9)14-5-10-2-11(6-14)4-13(3-10,8-14)7-12(19)20/h10-11H,2-8H2,1H3,(H,19,20)/p-1/t10-,11+,13?,14?. The first-order valence-electron chi connectivity index (χ1n) is 7.46. The van der Waals surface area contributed by atoms with Crippen LogP contribution in [-0.4, -0.2) is 26.2 Å². The number of rotatable bonds is 3. The Bertz CT molecular complexity index is 553. The van der Waals surface area contributed by atoms with Gasteiger partial charge in [0.15, 0.2) is 5.82 Å². The number of carbonyl (C=O) groups is 1. The van der Waals surface area contributed by atoms with E-state index in [4.69, 9.17) is 0 Å². The van der Waals surface area contributed by atoms with E-state index in [1.54, 1.807) is 4.80 Å². The fourth-order valence-corrected chi connectivity index (χ4v) is 5.63. The topological polar surface area (TPSA) is 83.7 Å². The number of nitrogens with zero attached hydrogens (tertiary/aromatic N) is 4. The fourth-order valence-electron chi connectivity index (χ4n) is 5.63. The fraction of sp³-hybridized carbons (Fsp3) is 0.857. The number of hydrogen-bond donors (Lipinski definition) is 0. The number of aromatic nitrogens is 4. The molecule has 0 spiro atoms. The minimum atomic E-state index is -0.912. The third-order valence-electron chi connectivity index (χ3n) is 5.61. The first-order chi connectivity index (χ1) is 9.49. The molecule has 4 atom stereocenters. The molecule has 1 heterocycles. The highest BCUT2D eigenvalue weighted by Gasteiger charge is 2.59. The molecule has 0 aliphatic heterocycles. The van der Waals surface area contributed by atoms with Gasteiger partial charge in [-0.25, -0.2) is 0 Å². The Hall–Kier alpha value is -1.46. The maximum absolute atomic E-state index is 11.2. The minimum Gasteiger partial charge on any atom is -0.550 e. The predicted octanol–water partition coefficient (Wildman–Crippen LogP) is 0.417. The van der Waals surface area contributed by atoms with E-state index in [2.05, 4.69) is 15.4 Å². The molecular weight excluding hydrogens is 256 g/mol. The molecule has 2 unspecified atom stereocenters. The van der Waals surface area contributed by atoms with Gasteiger partial charge in [-0.3, -0.25) is 0 Å². The molecule has 6 nitrogen and oxygen atoms in total. The van der Waals surface area contributed by atoms with Crippen molar-refractivity contribution in [3.63, 3.8) is 0 Å². The van der Waals surface area contributed by atoms with Crippen molar-refractivity contribution in [1.82, 2.24) is 20.2 Å². The average molecular weight is 275 g/mol. The van der Waals surface area contributed by atoms with Crippen LogP contribution >= 0.6 is 0 Å². The van der Waals surface area contributed by atoms with Crippen LogP contribution in [0.25, 0.3) is 0 Å². The summed E-state index contributed by atoms with van der Waals surface area (Å²) in [4.78, 5) is 13.0. The van der Waals surface area contributed by atoms with E-state index in [1.807, 2.05) is 6.92 Å². The molecule has 4 bridgehead atoms. The van der Waals surface area contributed by atoms with Crippen molar-refractivity contribution in [3.8, 4) is 0 Å². The Morgan fingerprint density at radius 2 is 2.05 bits per heavy atom. The number of aliphatic carboxylic acids is 1. The summed E-state index contributed by atoms with van der Waals surface area (Å²) < 4.78 is 0. The van der Waals surface area contributed by atoms with Gasteiger partial charge >= 0.3 is 0 Å². The van der Waals surface area contributed by atoms with Gasteiger partial charge in [0.05, 0.1) is 5.54 Å². The van der Waals surface area contributed by atoms with Crippen molar-refractivity contribution in [2.24, 2.45) is 17.3 Å². The van der Waals surface area contributed by atoms with Gasteiger partial charge in [0.1, 0.15) is 0 Å². The van der Waals surface area contributed by atoms with Crippen molar-refractivity contribution < 1.29 is 9.90 Å². The van der Waals surface area contributed by atoms with E-state index in [0.29, 0.717) is 17.7 Å². The summed E-state index contributed by atoms with van der Waals surface area (Å²) in [6.07, 6.45) is 6.53. The van der Waals surface area contributed by atoms with Gasteiger partial charge in [-0.2, -0.15) is 4.80 Å². The lowest BCUT2D eigenvalue weighted by molar-refractivity contribution is -0.310. The molecule has 5 rings (SSSR count). The molecule has 20 heavy (non-hydrogen) atoms. The van der Waals surface area contributed by atoms with Crippen LogP contribution in [0, 0.1) is 24.2 Å². The number of carboxylic acid groups (broad SMARTS) is 1. The second-order valence-corrected chi connectivity index (χ2v) is 7.36. The largest absolute Gasteiger partial charge is 0.550 e. The zero-order valence-electron chi connectivity index (χ0n) is 11.7. The molecule has 0 radical (unpaired) electrons. The van der Waals surface area contributed by atoms with Crippen LogP contribution in [0.4, 0.5) is 0 Å². The maximum atomic E-state index is 11.2. The van der Waals surface area contributed by atoms with E-state index in [-0.39, 0.29) is 17.4 Å². The van der Waals surface area contributed by atoms with Crippen LogP contribution in [0.15, 0.2) is 0 Å². The molecule has 4 saturated carbocycles. The first-order valence-corrected chi connectivity index (χ1v) is 7.46. The van der Waals surface area contributed by atoms with E-state index < -0.39 is 5.97 Å². The van der Waals surface area contributed by atoms with Gasteiger partial charge < -0.3 is 9.90 Å². The predicted molar refractivity (Wildman–Crippen MR) is 67.3 cm³/mol. The van der Waals surface area contributed by atoms with Gasteiger partial charge in [-0.15, -0.1) is 10.2 Å². The third kappa shape index (κ3) is 1.70. The van der Waals surface area contributed by atoms with Crippen LogP contribution in [0.5, 0.6) is 0 Å². The molecule has 4 fully saturated rings. The zero-order valence-corrected chi connectivity index (χ0v) is 11.7. The minimum absolute atomic E-state index is 0.0928. The van der Waals surface area contributed by atoms with Crippen LogP contribution in [0.3, 0.4) is 0 Å². The number of hydrogen-bond acceptors (Lipinski definition) is 5.